The van der Waals surface area contributed by atoms with Crippen LogP contribution < -0.4 is 0 Å². The molecule has 0 bridgehead atoms. The maximum atomic E-state index is 12.4. The predicted molar refractivity (Wildman–Crippen MR) is 122 cm³/mol. The Balaban J connectivity index is 6.81. The molecule has 0 spiro atoms. The summed E-state index contributed by atoms with van der Waals surface area (Å²) >= 11 is 0. The van der Waals surface area contributed by atoms with Gasteiger partial charge in [-0.1, -0.05) is 0 Å². The fourth-order valence-electron chi connectivity index (χ4n) is 2.06. The summed E-state index contributed by atoms with van der Waals surface area (Å²) in [5.74, 6) is -3.03. The van der Waals surface area contributed by atoms with Gasteiger partial charge in [-0.3, -0.25) is 0 Å². The van der Waals surface area contributed by atoms with E-state index in [0.717, 1.165) is 0 Å². The first kappa shape index (κ1) is 26.8. The van der Waals surface area contributed by atoms with Crippen LogP contribution in [0.5, 0.6) is 0 Å². The van der Waals surface area contributed by atoms with Gasteiger partial charge in [-0.25, -0.2) is 4.79 Å². The van der Waals surface area contributed by atoms with Gasteiger partial charge in [0.2, 0.25) is 22.2 Å². The molecule has 0 aliphatic rings. The molecule has 0 aliphatic carbocycles. The smallest absolute Gasteiger partial charge is 0.346 e. The van der Waals surface area contributed by atoms with E-state index < -0.39 is 45.9 Å². The normalized spacial score (nSPS) is 15.4. The fourth-order valence-corrected chi connectivity index (χ4v) is 6.31. The zero-order valence-electron chi connectivity index (χ0n) is 19.0. The predicted octanol–water partition coefficient (Wildman–Crippen LogP) is 2.79. The number of hydrogen-bond acceptors (Lipinski definition) is 6. The molecule has 1 N–H and O–H groups in total. The summed E-state index contributed by atoms with van der Waals surface area (Å²) in [6, 6.07) is 0. The Labute approximate surface area is 172 Å². The standard InChI is InChI=1S/C15H38O7Si5/c1-24(2)21-15(20-23,22-27(9,10)11)12(13(16)17)14(18-25(3,4)5)19-26(6,7)8/h24H,1-11,23H3,(H,16,17). The SMILES string of the molecule is C[SiH](C)OC(O[SiH3])(O[Si](C)(C)C)C(C(=O)O)=C(O[Si](C)(C)C)O[Si](C)(C)C. The number of carboxylic acids is 1. The largest absolute Gasteiger partial charge is 0.520 e. The number of rotatable bonds is 11. The van der Waals surface area contributed by atoms with Crippen LogP contribution >= 0.6 is 0 Å². The first-order valence-corrected chi connectivity index (χ1v) is 22.9. The van der Waals surface area contributed by atoms with Crippen LogP contribution in [0.3, 0.4) is 0 Å². The van der Waals surface area contributed by atoms with Crippen LogP contribution in [0.1, 0.15) is 0 Å². The van der Waals surface area contributed by atoms with E-state index in [2.05, 4.69) is 0 Å². The van der Waals surface area contributed by atoms with Gasteiger partial charge in [0, 0.05) is 0 Å². The first-order valence-electron chi connectivity index (χ1n) is 9.11. The second-order valence-electron chi connectivity index (χ2n) is 9.54. The van der Waals surface area contributed by atoms with E-state index >= 15 is 0 Å². The quantitative estimate of drug-likeness (QED) is 0.215. The molecule has 0 saturated carbocycles. The summed E-state index contributed by atoms with van der Waals surface area (Å²) in [6.45, 7) is 21.6. The Morgan fingerprint density at radius 1 is 0.889 bits per heavy atom. The minimum Gasteiger partial charge on any atom is -0.520 e. The third-order valence-corrected chi connectivity index (χ3v) is 6.42. The van der Waals surface area contributed by atoms with Crippen LogP contribution in [-0.4, -0.2) is 61.5 Å². The molecule has 1 unspecified atom stereocenters. The number of carboxylic acid groups (broad SMARTS) is 1. The minimum absolute atomic E-state index is 0.0235. The summed E-state index contributed by atoms with van der Waals surface area (Å²) in [4.78, 5) is 12.4. The average molecular weight is 471 g/mol. The zero-order valence-corrected chi connectivity index (χ0v) is 25.1. The van der Waals surface area contributed by atoms with E-state index in [0.29, 0.717) is 0 Å². The van der Waals surface area contributed by atoms with Crippen molar-refractivity contribution in [3.63, 3.8) is 0 Å². The number of hydrogen-bond donors (Lipinski definition) is 1. The van der Waals surface area contributed by atoms with Gasteiger partial charge in [0.1, 0.15) is 0 Å². The van der Waals surface area contributed by atoms with Crippen LogP contribution in [0.15, 0.2) is 11.5 Å². The Kier molecular flexibility index (Phi) is 9.44. The second-order valence-corrected chi connectivity index (χ2v) is 25.6. The maximum absolute atomic E-state index is 12.4. The van der Waals surface area contributed by atoms with Crippen LogP contribution in [0.2, 0.25) is 72.0 Å². The fraction of sp³-hybridized carbons (Fsp3) is 0.800. The third-order valence-electron chi connectivity index (χ3n) is 2.62. The van der Waals surface area contributed by atoms with Gasteiger partial charge >= 0.3 is 5.97 Å². The van der Waals surface area contributed by atoms with Gasteiger partial charge in [-0.15, -0.1) is 0 Å². The van der Waals surface area contributed by atoms with Crippen molar-refractivity contribution in [2.24, 2.45) is 0 Å². The van der Waals surface area contributed by atoms with Crippen molar-refractivity contribution < 1.29 is 32.0 Å². The topological polar surface area (TPSA) is 83.5 Å². The monoisotopic (exact) mass is 470 g/mol. The summed E-state index contributed by atoms with van der Waals surface area (Å²) < 4.78 is 30.3. The summed E-state index contributed by atoms with van der Waals surface area (Å²) in [7, 11) is -8.11. The van der Waals surface area contributed by atoms with E-state index in [1.165, 1.54) is 0 Å². The highest BCUT2D eigenvalue weighted by atomic mass is 28.4. The third kappa shape index (κ3) is 10.2. The lowest BCUT2D eigenvalue weighted by Crippen LogP contribution is -2.53. The summed E-state index contributed by atoms with van der Waals surface area (Å²) in [6.07, 6.45) is 0. The van der Waals surface area contributed by atoms with Gasteiger partial charge in [-0.2, -0.15) is 0 Å². The van der Waals surface area contributed by atoms with Gasteiger partial charge in [0.15, 0.2) is 27.8 Å². The van der Waals surface area contributed by atoms with Crippen molar-refractivity contribution >= 4 is 50.4 Å². The van der Waals surface area contributed by atoms with Gasteiger partial charge in [-0.05, 0) is 72.0 Å². The van der Waals surface area contributed by atoms with Crippen molar-refractivity contribution in [2.45, 2.75) is 78.0 Å². The lowest BCUT2D eigenvalue weighted by molar-refractivity contribution is -0.235. The molecule has 0 aromatic carbocycles. The van der Waals surface area contributed by atoms with Crippen molar-refractivity contribution in [1.82, 2.24) is 0 Å². The molecule has 0 fully saturated rings. The molecule has 0 radical (unpaired) electrons. The van der Waals surface area contributed by atoms with E-state index in [9.17, 15) is 9.90 Å². The Hall–Kier alpha value is -0.226. The van der Waals surface area contributed by atoms with E-state index in [4.69, 9.17) is 22.1 Å². The maximum Gasteiger partial charge on any atom is 0.346 e. The van der Waals surface area contributed by atoms with Crippen molar-refractivity contribution in [3.05, 3.63) is 11.5 Å². The molecular weight excluding hydrogens is 433 g/mol. The molecule has 0 aliphatic heterocycles. The number of aliphatic carboxylic acids is 1. The lowest BCUT2D eigenvalue weighted by Gasteiger charge is -2.40. The molecule has 160 valence electrons. The Bertz CT molecular complexity index is 528. The molecule has 7 nitrogen and oxygen atoms in total. The average Bonchev–Trinajstić information content (AvgIpc) is 2.30. The molecule has 27 heavy (non-hydrogen) atoms. The Morgan fingerprint density at radius 3 is 1.52 bits per heavy atom. The molecule has 0 amide bonds. The van der Waals surface area contributed by atoms with Crippen LogP contribution in [0.4, 0.5) is 0 Å². The van der Waals surface area contributed by atoms with E-state index in [1.807, 2.05) is 72.0 Å². The van der Waals surface area contributed by atoms with Gasteiger partial charge in [0.05, 0.1) is 0 Å². The lowest BCUT2D eigenvalue weighted by atomic mass is 10.2. The van der Waals surface area contributed by atoms with Crippen molar-refractivity contribution in [2.75, 3.05) is 0 Å². The summed E-state index contributed by atoms with van der Waals surface area (Å²) in [5, 5.41) is 10.1. The van der Waals surface area contributed by atoms with E-state index in [-0.39, 0.29) is 22.0 Å². The highest BCUT2D eigenvalue weighted by Crippen LogP contribution is 2.34. The summed E-state index contributed by atoms with van der Waals surface area (Å²) in [5.41, 5.74) is -0.217. The zero-order chi connectivity index (χ0) is 21.8. The van der Waals surface area contributed by atoms with Crippen LogP contribution in [0, 0.1) is 0 Å². The molecule has 0 aromatic rings. The van der Waals surface area contributed by atoms with Gasteiger partial charge < -0.3 is 27.2 Å². The molecule has 0 heterocycles. The molecule has 0 aromatic heterocycles. The Morgan fingerprint density at radius 2 is 1.30 bits per heavy atom. The van der Waals surface area contributed by atoms with Crippen LogP contribution in [0.25, 0.3) is 0 Å². The van der Waals surface area contributed by atoms with Crippen molar-refractivity contribution in [1.29, 1.82) is 0 Å². The highest BCUT2D eigenvalue weighted by molar-refractivity contribution is 6.71. The highest BCUT2D eigenvalue weighted by Gasteiger charge is 2.49. The molecule has 1 atom stereocenters. The molecule has 12 heteroatoms. The van der Waals surface area contributed by atoms with E-state index in [1.54, 1.807) is 0 Å². The minimum atomic E-state index is -2.24. The van der Waals surface area contributed by atoms with Crippen LogP contribution in [-0.2, 0) is 26.9 Å². The molecular formula is C15H38O7Si5. The molecule has 0 rings (SSSR count). The van der Waals surface area contributed by atoms with Crippen molar-refractivity contribution in [3.8, 4) is 0 Å². The van der Waals surface area contributed by atoms with Gasteiger partial charge in [0.25, 0.3) is 11.9 Å². The first-order chi connectivity index (χ1) is 11.8. The second kappa shape index (κ2) is 9.52. The molecule has 0 saturated heterocycles. The number of carbonyl (C=O) groups is 1.